The molecule has 1 aliphatic rings. The first-order valence-electron chi connectivity index (χ1n) is 8.07. The van der Waals surface area contributed by atoms with Crippen molar-refractivity contribution in [3.8, 4) is 0 Å². The first-order chi connectivity index (χ1) is 9.72. The maximum absolute atomic E-state index is 11.7. The van der Waals surface area contributed by atoms with Crippen molar-refractivity contribution in [2.45, 2.75) is 83.7 Å². The van der Waals surface area contributed by atoms with Gasteiger partial charge in [-0.1, -0.05) is 32.6 Å². The van der Waals surface area contributed by atoms with Crippen LogP contribution in [0.25, 0.3) is 0 Å². The fraction of sp³-hybridized carbons (Fsp3) is 0.875. The molecule has 20 heavy (non-hydrogen) atoms. The monoisotopic (exact) mass is 284 g/mol. The minimum Gasteiger partial charge on any atom is -0.466 e. The summed E-state index contributed by atoms with van der Waals surface area (Å²) in [5.41, 5.74) is 0. The van der Waals surface area contributed by atoms with Crippen molar-refractivity contribution in [3.05, 3.63) is 0 Å². The van der Waals surface area contributed by atoms with Gasteiger partial charge >= 0.3 is 11.9 Å². The second kappa shape index (κ2) is 10.7. The molecule has 1 aliphatic carbocycles. The second-order valence-electron chi connectivity index (χ2n) is 5.53. The summed E-state index contributed by atoms with van der Waals surface area (Å²) in [7, 11) is 0. The van der Waals surface area contributed by atoms with Crippen LogP contribution in [0.2, 0.25) is 0 Å². The number of carbonyl (C=O) groups excluding carboxylic acids is 2. The predicted octanol–water partition coefficient (Wildman–Crippen LogP) is 3.77. The van der Waals surface area contributed by atoms with Crippen LogP contribution in [0.5, 0.6) is 0 Å². The molecule has 0 aliphatic heterocycles. The van der Waals surface area contributed by atoms with Gasteiger partial charge in [0.2, 0.25) is 0 Å². The molecule has 0 aromatic rings. The molecule has 0 radical (unpaired) electrons. The van der Waals surface area contributed by atoms with Gasteiger partial charge in [0.15, 0.2) is 0 Å². The van der Waals surface area contributed by atoms with Crippen molar-refractivity contribution >= 4 is 11.9 Å². The predicted molar refractivity (Wildman–Crippen MR) is 77.3 cm³/mol. The highest BCUT2D eigenvalue weighted by Crippen LogP contribution is 2.20. The Morgan fingerprint density at radius 1 is 0.950 bits per heavy atom. The lowest BCUT2D eigenvalue weighted by Crippen LogP contribution is -2.18. The topological polar surface area (TPSA) is 52.6 Å². The molecule has 1 fully saturated rings. The number of esters is 2. The van der Waals surface area contributed by atoms with Gasteiger partial charge in [-0.3, -0.25) is 9.59 Å². The van der Waals surface area contributed by atoms with Crippen molar-refractivity contribution in [2.75, 3.05) is 6.61 Å². The fourth-order valence-electron chi connectivity index (χ4n) is 2.42. The van der Waals surface area contributed by atoms with E-state index in [9.17, 15) is 9.59 Å². The van der Waals surface area contributed by atoms with E-state index in [2.05, 4.69) is 6.92 Å². The van der Waals surface area contributed by atoms with Crippen LogP contribution in [0, 0.1) is 0 Å². The lowest BCUT2D eigenvalue weighted by molar-refractivity contribution is -0.154. The van der Waals surface area contributed by atoms with Crippen LogP contribution in [0.3, 0.4) is 0 Å². The molecule has 116 valence electrons. The molecule has 0 bridgehead atoms. The largest absolute Gasteiger partial charge is 0.466 e. The zero-order chi connectivity index (χ0) is 14.6. The van der Waals surface area contributed by atoms with Gasteiger partial charge in [-0.15, -0.1) is 0 Å². The van der Waals surface area contributed by atoms with Crippen LogP contribution >= 0.6 is 0 Å². The van der Waals surface area contributed by atoms with Gasteiger partial charge in [-0.2, -0.15) is 0 Å². The normalized spacial score (nSPS) is 16.4. The van der Waals surface area contributed by atoms with E-state index in [0.717, 1.165) is 44.9 Å². The Morgan fingerprint density at radius 2 is 1.60 bits per heavy atom. The third kappa shape index (κ3) is 8.18. The minimum absolute atomic E-state index is 0.0607. The quantitative estimate of drug-likeness (QED) is 0.387. The van der Waals surface area contributed by atoms with E-state index >= 15 is 0 Å². The fourth-order valence-corrected chi connectivity index (χ4v) is 2.42. The number of carbonyl (C=O) groups is 2. The van der Waals surface area contributed by atoms with Gasteiger partial charge in [-0.25, -0.2) is 0 Å². The molecule has 0 heterocycles. The molecule has 0 amide bonds. The summed E-state index contributed by atoms with van der Waals surface area (Å²) < 4.78 is 10.5. The average Bonchev–Trinajstić information content (AvgIpc) is 2.70. The molecular weight excluding hydrogens is 256 g/mol. The van der Waals surface area contributed by atoms with Crippen molar-refractivity contribution in [1.82, 2.24) is 0 Å². The molecule has 0 saturated heterocycles. The SMILES string of the molecule is CCCCCOC(=O)CCC(=O)OC1CCCCCC1. The highest BCUT2D eigenvalue weighted by Gasteiger charge is 2.17. The van der Waals surface area contributed by atoms with Crippen molar-refractivity contribution < 1.29 is 19.1 Å². The number of ether oxygens (including phenoxy) is 2. The van der Waals surface area contributed by atoms with E-state index in [4.69, 9.17) is 9.47 Å². The van der Waals surface area contributed by atoms with E-state index < -0.39 is 0 Å². The van der Waals surface area contributed by atoms with Gasteiger partial charge in [-0.05, 0) is 32.1 Å². The highest BCUT2D eigenvalue weighted by molar-refractivity contribution is 5.77. The van der Waals surface area contributed by atoms with E-state index in [1.165, 1.54) is 12.8 Å². The molecule has 0 unspecified atom stereocenters. The zero-order valence-electron chi connectivity index (χ0n) is 12.7. The number of rotatable bonds is 8. The first-order valence-corrected chi connectivity index (χ1v) is 8.07. The summed E-state index contributed by atoms with van der Waals surface area (Å²) in [6, 6.07) is 0. The summed E-state index contributed by atoms with van der Waals surface area (Å²) in [6.45, 7) is 2.57. The van der Waals surface area contributed by atoms with E-state index in [-0.39, 0.29) is 30.9 Å². The Balaban J connectivity index is 2.07. The Bertz CT molecular complexity index is 280. The molecule has 0 aromatic heterocycles. The van der Waals surface area contributed by atoms with Crippen LogP contribution in [-0.4, -0.2) is 24.6 Å². The third-order valence-electron chi connectivity index (χ3n) is 3.64. The van der Waals surface area contributed by atoms with Gasteiger partial charge in [0, 0.05) is 0 Å². The van der Waals surface area contributed by atoms with Crippen molar-refractivity contribution in [1.29, 1.82) is 0 Å². The molecular formula is C16H28O4. The number of unbranched alkanes of at least 4 members (excludes halogenated alkanes) is 2. The molecule has 1 rings (SSSR count). The summed E-state index contributed by atoms with van der Waals surface area (Å²) in [4.78, 5) is 23.1. The van der Waals surface area contributed by atoms with Crippen LogP contribution in [0.1, 0.15) is 77.6 Å². The molecule has 0 atom stereocenters. The van der Waals surface area contributed by atoms with Crippen LogP contribution in [-0.2, 0) is 19.1 Å². The molecule has 0 N–H and O–H groups in total. The van der Waals surface area contributed by atoms with Crippen molar-refractivity contribution in [3.63, 3.8) is 0 Å². The van der Waals surface area contributed by atoms with Crippen molar-refractivity contribution in [2.24, 2.45) is 0 Å². The van der Waals surface area contributed by atoms with E-state index in [1.807, 2.05) is 0 Å². The summed E-state index contributed by atoms with van der Waals surface area (Å²) in [5.74, 6) is -0.554. The maximum atomic E-state index is 11.7. The van der Waals surface area contributed by atoms with Crippen LogP contribution in [0.4, 0.5) is 0 Å². The highest BCUT2D eigenvalue weighted by atomic mass is 16.5. The third-order valence-corrected chi connectivity index (χ3v) is 3.64. The molecule has 0 spiro atoms. The van der Waals surface area contributed by atoms with Crippen LogP contribution in [0.15, 0.2) is 0 Å². The maximum Gasteiger partial charge on any atom is 0.306 e. The summed E-state index contributed by atoms with van der Waals surface area (Å²) in [5, 5.41) is 0. The van der Waals surface area contributed by atoms with Gasteiger partial charge in [0.05, 0.1) is 19.4 Å². The summed E-state index contributed by atoms with van der Waals surface area (Å²) in [6.07, 6.45) is 10.1. The molecule has 0 aromatic carbocycles. The lowest BCUT2D eigenvalue weighted by atomic mass is 10.1. The van der Waals surface area contributed by atoms with Gasteiger partial charge in [0.1, 0.15) is 6.10 Å². The van der Waals surface area contributed by atoms with Gasteiger partial charge in [0.25, 0.3) is 0 Å². The number of hydrogen-bond donors (Lipinski definition) is 0. The lowest BCUT2D eigenvalue weighted by Gasteiger charge is -2.15. The molecule has 4 heteroatoms. The Labute approximate surface area is 122 Å². The Hall–Kier alpha value is -1.06. The second-order valence-corrected chi connectivity index (χ2v) is 5.53. The smallest absolute Gasteiger partial charge is 0.306 e. The molecule has 4 nitrogen and oxygen atoms in total. The first kappa shape index (κ1) is 17.0. The zero-order valence-corrected chi connectivity index (χ0v) is 12.7. The minimum atomic E-state index is -0.293. The average molecular weight is 284 g/mol. The Morgan fingerprint density at radius 3 is 2.25 bits per heavy atom. The van der Waals surface area contributed by atoms with E-state index in [0.29, 0.717) is 6.61 Å². The van der Waals surface area contributed by atoms with E-state index in [1.54, 1.807) is 0 Å². The summed E-state index contributed by atoms with van der Waals surface area (Å²) >= 11 is 0. The molecule has 1 saturated carbocycles. The van der Waals surface area contributed by atoms with Gasteiger partial charge < -0.3 is 9.47 Å². The van der Waals surface area contributed by atoms with Crippen LogP contribution < -0.4 is 0 Å². The number of hydrogen-bond acceptors (Lipinski definition) is 4. The Kier molecular flexibility index (Phi) is 9.09. The standard InChI is InChI=1S/C16H28O4/c1-2-3-8-13-19-15(17)11-12-16(18)20-14-9-6-4-5-7-10-14/h14H,2-13H2,1H3.